The molecular weight excluding hydrogens is 280 g/mol. The molecule has 1 fully saturated rings. The van der Waals surface area contributed by atoms with Crippen molar-refractivity contribution in [3.8, 4) is 5.75 Å². The minimum Gasteiger partial charge on any atom is -0.497 e. The van der Waals surface area contributed by atoms with E-state index in [-0.39, 0.29) is 30.4 Å². The highest BCUT2D eigenvalue weighted by atomic mass is 35.5. The second-order valence-electron chi connectivity index (χ2n) is 4.59. The van der Waals surface area contributed by atoms with Crippen LogP contribution in [-0.2, 0) is 9.53 Å². The molecule has 0 radical (unpaired) electrons. The van der Waals surface area contributed by atoms with Gasteiger partial charge in [-0.1, -0.05) is 12.1 Å². The van der Waals surface area contributed by atoms with Crippen molar-refractivity contribution in [2.75, 3.05) is 26.9 Å². The number of morpholine rings is 1. The monoisotopic (exact) mass is 300 g/mol. The maximum absolute atomic E-state index is 12.1. The minimum absolute atomic E-state index is 0. The number of amides is 1. The number of ether oxygens (including phenoxy) is 2. The Morgan fingerprint density at radius 2 is 2.35 bits per heavy atom. The Balaban J connectivity index is 0.00000200. The molecule has 2 rings (SSSR count). The van der Waals surface area contributed by atoms with Gasteiger partial charge in [0.25, 0.3) is 0 Å². The van der Waals surface area contributed by atoms with Gasteiger partial charge < -0.3 is 20.1 Å². The van der Waals surface area contributed by atoms with Crippen LogP contribution in [0.15, 0.2) is 24.3 Å². The number of halogens is 1. The lowest BCUT2D eigenvalue weighted by molar-refractivity contribution is -0.126. The number of benzene rings is 1. The molecule has 1 heterocycles. The zero-order chi connectivity index (χ0) is 13.7. The van der Waals surface area contributed by atoms with Crippen LogP contribution in [0.1, 0.15) is 18.5 Å². The Morgan fingerprint density at radius 3 is 3.00 bits per heavy atom. The van der Waals surface area contributed by atoms with E-state index in [1.807, 2.05) is 31.2 Å². The third-order valence-corrected chi connectivity index (χ3v) is 3.19. The van der Waals surface area contributed by atoms with E-state index in [1.165, 1.54) is 0 Å². The molecule has 1 aromatic rings. The Labute approximate surface area is 125 Å². The molecule has 1 aliphatic rings. The third kappa shape index (κ3) is 4.37. The Bertz CT molecular complexity index is 436. The fraction of sp³-hybridized carbons (Fsp3) is 0.500. The third-order valence-electron chi connectivity index (χ3n) is 3.19. The maximum Gasteiger partial charge on any atom is 0.240 e. The first-order chi connectivity index (χ1) is 9.20. The minimum atomic E-state index is -0.262. The number of rotatable bonds is 4. The van der Waals surface area contributed by atoms with Crippen LogP contribution < -0.4 is 15.4 Å². The summed E-state index contributed by atoms with van der Waals surface area (Å²) in [6.45, 7) is 3.76. The van der Waals surface area contributed by atoms with Gasteiger partial charge in [0, 0.05) is 6.54 Å². The first kappa shape index (κ1) is 16.8. The Hall–Kier alpha value is -1.30. The Morgan fingerprint density at radius 1 is 1.55 bits per heavy atom. The summed E-state index contributed by atoms with van der Waals surface area (Å²) in [6, 6.07) is 7.37. The summed E-state index contributed by atoms with van der Waals surface area (Å²) in [5, 5.41) is 6.12. The van der Waals surface area contributed by atoms with E-state index in [9.17, 15) is 4.79 Å². The molecule has 0 aliphatic carbocycles. The lowest BCUT2D eigenvalue weighted by Gasteiger charge is -2.25. The van der Waals surface area contributed by atoms with Crippen molar-refractivity contribution >= 4 is 18.3 Å². The van der Waals surface area contributed by atoms with Crippen molar-refractivity contribution in [3.05, 3.63) is 29.8 Å². The van der Waals surface area contributed by atoms with Crippen molar-refractivity contribution in [2.45, 2.75) is 19.0 Å². The molecule has 0 saturated carbocycles. The summed E-state index contributed by atoms with van der Waals surface area (Å²) < 4.78 is 10.5. The summed E-state index contributed by atoms with van der Waals surface area (Å²) in [5.74, 6) is 0.757. The van der Waals surface area contributed by atoms with Gasteiger partial charge in [0.2, 0.25) is 5.91 Å². The zero-order valence-corrected chi connectivity index (χ0v) is 12.5. The van der Waals surface area contributed by atoms with Crippen LogP contribution >= 0.6 is 12.4 Å². The molecule has 1 aliphatic heterocycles. The van der Waals surface area contributed by atoms with Crippen molar-refractivity contribution in [1.29, 1.82) is 0 Å². The van der Waals surface area contributed by atoms with E-state index in [2.05, 4.69) is 10.6 Å². The number of carbonyl (C=O) groups is 1. The molecule has 5 nitrogen and oxygen atoms in total. The molecule has 0 bridgehead atoms. The molecule has 0 aromatic heterocycles. The highest BCUT2D eigenvalue weighted by molar-refractivity contribution is 5.85. The second-order valence-corrected chi connectivity index (χ2v) is 4.59. The lowest BCUT2D eigenvalue weighted by atomic mass is 10.1. The number of methoxy groups -OCH3 is 1. The van der Waals surface area contributed by atoms with Gasteiger partial charge in [0.1, 0.15) is 11.8 Å². The van der Waals surface area contributed by atoms with Crippen molar-refractivity contribution in [2.24, 2.45) is 0 Å². The lowest BCUT2D eigenvalue weighted by Crippen LogP contribution is -2.51. The summed E-state index contributed by atoms with van der Waals surface area (Å²) in [6.07, 6.45) is 0. The van der Waals surface area contributed by atoms with Gasteiger partial charge in [0.05, 0.1) is 26.4 Å². The van der Waals surface area contributed by atoms with Gasteiger partial charge in [-0.3, -0.25) is 4.79 Å². The Kier molecular flexibility index (Phi) is 6.78. The van der Waals surface area contributed by atoms with Gasteiger partial charge >= 0.3 is 0 Å². The van der Waals surface area contributed by atoms with Gasteiger partial charge in [-0.2, -0.15) is 0 Å². The topological polar surface area (TPSA) is 59.6 Å². The molecule has 2 atom stereocenters. The van der Waals surface area contributed by atoms with Crippen LogP contribution in [-0.4, -0.2) is 38.8 Å². The average molecular weight is 301 g/mol. The predicted octanol–water partition coefficient (Wildman–Crippen LogP) is 1.28. The summed E-state index contributed by atoms with van der Waals surface area (Å²) in [4.78, 5) is 12.1. The average Bonchev–Trinajstić information content (AvgIpc) is 2.48. The highest BCUT2D eigenvalue weighted by Crippen LogP contribution is 2.18. The number of hydrogen-bond donors (Lipinski definition) is 2. The van der Waals surface area contributed by atoms with Gasteiger partial charge in [0.15, 0.2) is 0 Å². The first-order valence-corrected chi connectivity index (χ1v) is 6.46. The summed E-state index contributed by atoms with van der Waals surface area (Å²) >= 11 is 0. The zero-order valence-electron chi connectivity index (χ0n) is 11.7. The quantitative estimate of drug-likeness (QED) is 0.879. The fourth-order valence-electron chi connectivity index (χ4n) is 2.04. The van der Waals surface area contributed by atoms with Crippen LogP contribution in [0.3, 0.4) is 0 Å². The molecule has 112 valence electrons. The molecule has 2 unspecified atom stereocenters. The standard InChI is InChI=1S/C14H20N2O3.ClH/c1-10(11-4-3-5-12(8-11)18-2)16-14(17)13-9-19-7-6-15-13;/h3-5,8,10,13,15H,6-7,9H2,1-2H3,(H,16,17);1H. The van der Waals surface area contributed by atoms with Crippen LogP contribution in [0.4, 0.5) is 0 Å². The smallest absolute Gasteiger partial charge is 0.240 e. The van der Waals surface area contributed by atoms with E-state index < -0.39 is 0 Å². The molecular formula is C14H21ClN2O3. The molecule has 20 heavy (non-hydrogen) atoms. The van der Waals surface area contributed by atoms with Crippen LogP contribution in [0.25, 0.3) is 0 Å². The normalized spacial score (nSPS) is 19.6. The van der Waals surface area contributed by atoms with Crippen molar-refractivity contribution in [3.63, 3.8) is 0 Å². The highest BCUT2D eigenvalue weighted by Gasteiger charge is 2.22. The number of carbonyl (C=O) groups excluding carboxylic acids is 1. The predicted molar refractivity (Wildman–Crippen MR) is 79.4 cm³/mol. The van der Waals surface area contributed by atoms with E-state index in [0.717, 1.165) is 11.3 Å². The van der Waals surface area contributed by atoms with Crippen molar-refractivity contribution in [1.82, 2.24) is 10.6 Å². The molecule has 6 heteroatoms. The molecule has 2 N–H and O–H groups in total. The first-order valence-electron chi connectivity index (χ1n) is 6.46. The van der Waals surface area contributed by atoms with Gasteiger partial charge in [-0.05, 0) is 24.6 Å². The van der Waals surface area contributed by atoms with E-state index >= 15 is 0 Å². The van der Waals surface area contributed by atoms with E-state index in [1.54, 1.807) is 7.11 Å². The number of nitrogens with one attached hydrogen (secondary N) is 2. The molecule has 1 saturated heterocycles. The second kappa shape index (κ2) is 8.09. The molecule has 1 amide bonds. The van der Waals surface area contributed by atoms with Crippen molar-refractivity contribution < 1.29 is 14.3 Å². The largest absolute Gasteiger partial charge is 0.497 e. The van der Waals surface area contributed by atoms with Gasteiger partial charge in [-0.15, -0.1) is 12.4 Å². The molecule has 1 aromatic carbocycles. The van der Waals surface area contributed by atoms with Gasteiger partial charge in [-0.25, -0.2) is 0 Å². The fourth-order valence-corrected chi connectivity index (χ4v) is 2.04. The number of hydrogen-bond acceptors (Lipinski definition) is 4. The SMILES string of the molecule is COc1cccc(C(C)NC(=O)C2COCCN2)c1.Cl. The summed E-state index contributed by atoms with van der Waals surface area (Å²) in [7, 11) is 1.63. The molecule has 0 spiro atoms. The van der Waals surface area contributed by atoms with Crippen LogP contribution in [0.5, 0.6) is 5.75 Å². The van der Waals surface area contributed by atoms with Crippen LogP contribution in [0.2, 0.25) is 0 Å². The summed E-state index contributed by atoms with van der Waals surface area (Å²) in [5.41, 5.74) is 1.02. The van der Waals surface area contributed by atoms with Crippen LogP contribution in [0, 0.1) is 0 Å². The van der Waals surface area contributed by atoms with E-state index in [4.69, 9.17) is 9.47 Å². The van der Waals surface area contributed by atoms with E-state index in [0.29, 0.717) is 19.8 Å². The maximum atomic E-state index is 12.1.